The SMILES string of the molecule is COc1ccc(CC(=O)Nc2c(-c3ccccc3)nc(C)n2C)cc1OC. The van der Waals surface area contributed by atoms with E-state index in [0.717, 1.165) is 22.6 Å². The number of aromatic nitrogens is 2. The van der Waals surface area contributed by atoms with Crippen LogP contribution in [0, 0.1) is 6.92 Å². The number of hydrogen-bond donors (Lipinski definition) is 1. The quantitative estimate of drug-likeness (QED) is 0.725. The molecule has 1 N–H and O–H groups in total. The molecule has 27 heavy (non-hydrogen) atoms. The summed E-state index contributed by atoms with van der Waals surface area (Å²) >= 11 is 0. The number of methoxy groups -OCH3 is 2. The number of carbonyl (C=O) groups excluding carboxylic acids is 1. The van der Waals surface area contributed by atoms with Gasteiger partial charge in [-0.05, 0) is 24.6 Å². The van der Waals surface area contributed by atoms with E-state index in [2.05, 4.69) is 10.3 Å². The molecule has 0 fully saturated rings. The van der Waals surface area contributed by atoms with Crippen LogP contribution in [0.3, 0.4) is 0 Å². The Balaban J connectivity index is 1.83. The second-order valence-electron chi connectivity index (χ2n) is 6.20. The van der Waals surface area contributed by atoms with Gasteiger partial charge >= 0.3 is 0 Å². The summed E-state index contributed by atoms with van der Waals surface area (Å²) in [5, 5.41) is 3.00. The topological polar surface area (TPSA) is 65.4 Å². The van der Waals surface area contributed by atoms with Crippen molar-refractivity contribution in [1.82, 2.24) is 9.55 Å². The fraction of sp³-hybridized carbons (Fsp3) is 0.238. The zero-order chi connectivity index (χ0) is 19.4. The van der Waals surface area contributed by atoms with Crippen LogP contribution >= 0.6 is 0 Å². The lowest BCUT2D eigenvalue weighted by Crippen LogP contribution is -2.17. The standard InChI is InChI=1S/C21H23N3O3/c1-14-22-20(16-8-6-5-7-9-16)21(24(14)2)23-19(25)13-15-10-11-17(26-3)18(12-15)27-4/h5-12H,13H2,1-4H3,(H,23,25). The van der Waals surface area contributed by atoms with Crippen LogP contribution in [0.15, 0.2) is 48.5 Å². The second-order valence-corrected chi connectivity index (χ2v) is 6.20. The van der Waals surface area contributed by atoms with E-state index < -0.39 is 0 Å². The molecular formula is C21H23N3O3. The van der Waals surface area contributed by atoms with Gasteiger partial charge in [0, 0.05) is 12.6 Å². The second kappa shape index (κ2) is 7.95. The average molecular weight is 365 g/mol. The Morgan fingerprint density at radius 2 is 1.78 bits per heavy atom. The largest absolute Gasteiger partial charge is 0.493 e. The summed E-state index contributed by atoms with van der Waals surface area (Å²) in [4.78, 5) is 17.3. The molecule has 140 valence electrons. The number of rotatable bonds is 6. The van der Waals surface area contributed by atoms with E-state index in [0.29, 0.717) is 17.3 Å². The predicted octanol–water partition coefficient (Wildman–Crippen LogP) is 3.59. The maximum Gasteiger partial charge on any atom is 0.229 e. The van der Waals surface area contributed by atoms with Gasteiger partial charge in [-0.3, -0.25) is 4.79 Å². The number of imidazole rings is 1. The Labute approximate surface area is 158 Å². The van der Waals surface area contributed by atoms with Crippen molar-refractivity contribution in [3.8, 4) is 22.8 Å². The van der Waals surface area contributed by atoms with Gasteiger partial charge in [-0.15, -0.1) is 0 Å². The third-order valence-corrected chi connectivity index (χ3v) is 4.44. The van der Waals surface area contributed by atoms with Gasteiger partial charge in [0.1, 0.15) is 17.3 Å². The molecule has 0 saturated carbocycles. The van der Waals surface area contributed by atoms with Gasteiger partial charge in [0.25, 0.3) is 0 Å². The van der Waals surface area contributed by atoms with Crippen LogP contribution in [0.5, 0.6) is 11.5 Å². The molecule has 1 heterocycles. The molecule has 1 aromatic heterocycles. The van der Waals surface area contributed by atoms with Crippen molar-refractivity contribution in [3.63, 3.8) is 0 Å². The van der Waals surface area contributed by atoms with Crippen LogP contribution in [-0.4, -0.2) is 29.7 Å². The van der Waals surface area contributed by atoms with Crippen molar-refractivity contribution in [1.29, 1.82) is 0 Å². The highest BCUT2D eigenvalue weighted by Gasteiger charge is 2.17. The van der Waals surface area contributed by atoms with Gasteiger partial charge in [-0.2, -0.15) is 0 Å². The summed E-state index contributed by atoms with van der Waals surface area (Å²) in [5.41, 5.74) is 2.56. The molecule has 1 amide bonds. The minimum absolute atomic E-state index is 0.123. The van der Waals surface area contributed by atoms with Crippen molar-refractivity contribution >= 4 is 11.7 Å². The first-order valence-corrected chi connectivity index (χ1v) is 8.63. The first-order valence-electron chi connectivity index (χ1n) is 8.63. The highest BCUT2D eigenvalue weighted by atomic mass is 16.5. The number of amides is 1. The molecule has 6 nitrogen and oxygen atoms in total. The summed E-state index contributed by atoms with van der Waals surface area (Å²) in [6, 6.07) is 15.3. The maximum atomic E-state index is 12.7. The molecule has 0 spiro atoms. The normalized spacial score (nSPS) is 10.5. The highest BCUT2D eigenvalue weighted by Crippen LogP contribution is 2.29. The van der Waals surface area contributed by atoms with Gasteiger partial charge in [0.05, 0.1) is 20.6 Å². The molecule has 2 aromatic carbocycles. The Bertz CT molecular complexity index is 949. The van der Waals surface area contributed by atoms with E-state index in [4.69, 9.17) is 9.47 Å². The van der Waals surface area contributed by atoms with Crippen molar-refractivity contribution in [2.45, 2.75) is 13.3 Å². The lowest BCUT2D eigenvalue weighted by molar-refractivity contribution is -0.115. The van der Waals surface area contributed by atoms with Crippen molar-refractivity contribution in [2.75, 3.05) is 19.5 Å². The Morgan fingerprint density at radius 3 is 2.44 bits per heavy atom. The Kier molecular flexibility index (Phi) is 5.45. The molecule has 0 aliphatic rings. The minimum atomic E-state index is -0.123. The molecule has 0 bridgehead atoms. The van der Waals surface area contributed by atoms with Crippen LogP contribution in [0.25, 0.3) is 11.3 Å². The van der Waals surface area contributed by atoms with Crippen LogP contribution in [0.4, 0.5) is 5.82 Å². The van der Waals surface area contributed by atoms with Crippen LogP contribution < -0.4 is 14.8 Å². The molecule has 0 saturated heterocycles. The van der Waals surface area contributed by atoms with Gasteiger partial charge in [-0.25, -0.2) is 4.98 Å². The van der Waals surface area contributed by atoms with E-state index >= 15 is 0 Å². The smallest absolute Gasteiger partial charge is 0.229 e. The molecule has 3 aromatic rings. The third kappa shape index (κ3) is 3.95. The number of anilines is 1. The molecule has 0 radical (unpaired) electrons. The fourth-order valence-corrected chi connectivity index (χ4v) is 2.90. The number of ether oxygens (including phenoxy) is 2. The number of nitrogens with zero attached hydrogens (tertiary/aromatic N) is 2. The summed E-state index contributed by atoms with van der Waals surface area (Å²) in [5.74, 6) is 2.63. The number of carbonyl (C=O) groups is 1. The maximum absolute atomic E-state index is 12.7. The fourth-order valence-electron chi connectivity index (χ4n) is 2.90. The molecule has 0 unspecified atom stereocenters. The molecule has 0 atom stereocenters. The van der Waals surface area contributed by atoms with Crippen molar-refractivity contribution in [3.05, 3.63) is 59.9 Å². The number of hydrogen-bond acceptors (Lipinski definition) is 4. The molecule has 0 aliphatic heterocycles. The first kappa shape index (κ1) is 18.5. The monoisotopic (exact) mass is 365 g/mol. The lowest BCUT2D eigenvalue weighted by Gasteiger charge is -2.11. The van der Waals surface area contributed by atoms with Crippen LogP contribution in [0.2, 0.25) is 0 Å². The predicted molar refractivity (Wildman–Crippen MR) is 105 cm³/mol. The van der Waals surface area contributed by atoms with Crippen LogP contribution in [0.1, 0.15) is 11.4 Å². The van der Waals surface area contributed by atoms with Gasteiger partial charge in [0.15, 0.2) is 11.5 Å². The molecule has 6 heteroatoms. The van der Waals surface area contributed by atoms with Crippen molar-refractivity contribution < 1.29 is 14.3 Å². The Morgan fingerprint density at radius 1 is 1.07 bits per heavy atom. The molecular weight excluding hydrogens is 342 g/mol. The molecule has 3 rings (SSSR count). The van der Waals surface area contributed by atoms with Gasteiger partial charge < -0.3 is 19.4 Å². The zero-order valence-electron chi connectivity index (χ0n) is 15.9. The van der Waals surface area contributed by atoms with E-state index in [-0.39, 0.29) is 12.3 Å². The minimum Gasteiger partial charge on any atom is -0.493 e. The van der Waals surface area contributed by atoms with Gasteiger partial charge in [0.2, 0.25) is 5.91 Å². The van der Waals surface area contributed by atoms with Crippen LogP contribution in [-0.2, 0) is 18.3 Å². The third-order valence-electron chi connectivity index (χ3n) is 4.44. The summed E-state index contributed by atoms with van der Waals surface area (Å²) in [7, 11) is 5.05. The molecule has 0 aliphatic carbocycles. The van der Waals surface area contributed by atoms with Gasteiger partial charge in [-0.1, -0.05) is 36.4 Å². The van der Waals surface area contributed by atoms with E-state index in [1.807, 2.05) is 61.0 Å². The van der Waals surface area contributed by atoms with E-state index in [1.165, 1.54) is 0 Å². The summed E-state index contributed by atoms with van der Waals surface area (Å²) in [6.07, 6.45) is 0.221. The summed E-state index contributed by atoms with van der Waals surface area (Å²) in [6.45, 7) is 1.91. The van der Waals surface area contributed by atoms with E-state index in [1.54, 1.807) is 20.3 Å². The number of aryl methyl sites for hydroxylation is 1. The number of benzene rings is 2. The first-order chi connectivity index (χ1) is 13.0. The lowest BCUT2D eigenvalue weighted by atomic mass is 10.1. The zero-order valence-corrected chi connectivity index (χ0v) is 15.9. The Hall–Kier alpha value is -3.28. The summed E-state index contributed by atoms with van der Waals surface area (Å²) < 4.78 is 12.4. The van der Waals surface area contributed by atoms with E-state index in [9.17, 15) is 4.79 Å². The highest BCUT2D eigenvalue weighted by molar-refractivity contribution is 5.95. The number of nitrogens with one attached hydrogen (secondary N) is 1. The average Bonchev–Trinajstić information content (AvgIpc) is 2.97. The van der Waals surface area contributed by atoms with Crippen molar-refractivity contribution in [2.24, 2.45) is 7.05 Å².